The zero-order valence-corrected chi connectivity index (χ0v) is 13.3. The van der Waals surface area contributed by atoms with Crippen LogP contribution in [0.5, 0.6) is 0 Å². The summed E-state index contributed by atoms with van der Waals surface area (Å²) in [6, 6.07) is 0. The molecule has 0 amide bonds. The Labute approximate surface area is 136 Å². The van der Waals surface area contributed by atoms with E-state index < -0.39 is 50.4 Å². The minimum atomic E-state index is -3.75. The molecule has 129 valence electrons. The quantitative estimate of drug-likeness (QED) is 0.371. The van der Waals surface area contributed by atoms with Gasteiger partial charge < -0.3 is 0 Å². The van der Waals surface area contributed by atoms with Crippen molar-refractivity contribution in [2.24, 2.45) is 4.99 Å². The molecule has 2 heterocycles. The van der Waals surface area contributed by atoms with Crippen molar-refractivity contribution in [2.45, 2.75) is 0 Å². The zero-order chi connectivity index (χ0) is 17.8. The Balaban J connectivity index is 2.09. The van der Waals surface area contributed by atoms with Crippen molar-refractivity contribution < 1.29 is 30.4 Å². The number of hydrogen-bond donors (Lipinski definition) is 1. The van der Waals surface area contributed by atoms with Crippen molar-refractivity contribution in [1.82, 2.24) is 15.0 Å². The molecule has 1 radical (unpaired) electrons. The molecule has 0 spiro atoms. The molecule has 0 aromatic heterocycles. The molecular weight excluding hydrogens is 379 g/mol. The minimum absolute atomic E-state index is 0.0152. The van der Waals surface area contributed by atoms with Crippen LogP contribution in [0.4, 0.5) is 22.0 Å². The van der Waals surface area contributed by atoms with Crippen LogP contribution in [0.15, 0.2) is 11.2 Å². The molecule has 13 heteroatoms. The van der Waals surface area contributed by atoms with Crippen LogP contribution < -0.4 is 9.84 Å². The Hall–Kier alpha value is -1.54. The first-order valence-electron chi connectivity index (χ1n) is 6.09. The first kappa shape index (κ1) is 17.3. The number of fused-ring (bicyclic) bond motifs is 1. The van der Waals surface area contributed by atoms with Crippen molar-refractivity contribution >= 4 is 32.6 Å². The lowest BCUT2D eigenvalue weighted by Gasteiger charge is -2.15. The number of nitrogens with zero attached hydrogens (tertiary/aromatic N) is 3. The average Bonchev–Trinajstić information content (AvgIpc) is 3.06. The summed E-state index contributed by atoms with van der Waals surface area (Å²) in [7, 11) is -3.75. The van der Waals surface area contributed by atoms with Crippen LogP contribution in [0.1, 0.15) is 5.56 Å². The van der Waals surface area contributed by atoms with Gasteiger partial charge in [-0.3, -0.25) is 0 Å². The van der Waals surface area contributed by atoms with E-state index in [4.69, 9.17) is 0 Å². The first-order valence-corrected chi connectivity index (χ1v) is 8.97. The van der Waals surface area contributed by atoms with Crippen molar-refractivity contribution in [2.75, 3.05) is 12.1 Å². The minimum Gasteiger partial charge on any atom is -0.211 e. The smallest absolute Gasteiger partial charge is 0.211 e. The van der Waals surface area contributed by atoms with E-state index in [2.05, 4.69) is 9.82 Å². The van der Waals surface area contributed by atoms with E-state index in [9.17, 15) is 30.4 Å². The highest BCUT2D eigenvalue weighted by atomic mass is 32.2. The lowest BCUT2D eigenvalue weighted by molar-refractivity contribution is 0.192. The molecule has 0 unspecified atom stereocenters. The Bertz CT molecular complexity index is 873. The fourth-order valence-electron chi connectivity index (χ4n) is 2.10. The normalized spacial score (nSPS) is 18.8. The lowest BCUT2D eigenvalue weighted by atomic mass is 10.1. The van der Waals surface area contributed by atoms with E-state index in [1.54, 1.807) is 0 Å². The van der Waals surface area contributed by atoms with E-state index in [0.717, 1.165) is 34.3 Å². The largest absolute Gasteiger partial charge is 0.344 e. The Morgan fingerprint density at radius 3 is 2.21 bits per heavy atom. The molecule has 2 aliphatic rings. The molecule has 0 aliphatic carbocycles. The van der Waals surface area contributed by atoms with Crippen molar-refractivity contribution in [3.63, 3.8) is 0 Å². The second-order valence-corrected chi connectivity index (χ2v) is 7.36. The van der Waals surface area contributed by atoms with Gasteiger partial charge in [-0.25, -0.2) is 30.4 Å². The topological polar surface area (TPSA) is 67.7 Å². The van der Waals surface area contributed by atoms with Crippen LogP contribution in [-0.4, -0.2) is 30.8 Å². The van der Waals surface area contributed by atoms with Crippen LogP contribution in [0.2, 0.25) is 0 Å². The summed E-state index contributed by atoms with van der Waals surface area (Å²) >= 11 is 1.000. The SMILES string of the molecule is CS(=O)(=O)NN1CSC2=NC=C(c3c(F)c(F)c(F)c(F)c3F)[N+]21. The molecule has 6 nitrogen and oxygen atoms in total. The van der Waals surface area contributed by atoms with E-state index in [-0.39, 0.29) is 11.0 Å². The lowest BCUT2D eigenvalue weighted by Crippen LogP contribution is -2.51. The fourth-order valence-corrected chi connectivity index (χ4v) is 3.57. The summed E-state index contributed by atoms with van der Waals surface area (Å²) in [4.78, 5) is 5.85. The van der Waals surface area contributed by atoms with Crippen molar-refractivity contribution in [3.05, 3.63) is 40.8 Å². The molecule has 1 aromatic carbocycles. The van der Waals surface area contributed by atoms with Gasteiger partial charge in [0.2, 0.25) is 21.5 Å². The van der Waals surface area contributed by atoms with Gasteiger partial charge in [-0.2, -0.15) is 4.99 Å². The maximum Gasteiger partial charge on any atom is 0.344 e. The maximum absolute atomic E-state index is 14.0. The van der Waals surface area contributed by atoms with Crippen LogP contribution in [0, 0.1) is 29.1 Å². The molecule has 1 saturated heterocycles. The molecule has 3 rings (SSSR count). The number of halogens is 5. The molecule has 1 N–H and O–H groups in total. The fraction of sp³-hybridized carbons (Fsp3) is 0.182. The van der Waals surface area contributed by atoms with Gasteiger partial charge in [-0.1, -0.05) is 4.83 Å². The van der Waals surface area contributed by atoms with Gasteiger partial charge in [0.15, 0.2) is 23.3 Å². The van der Waals surface area contributed by atoms with Gasteiger partial charge in [-0.15, -0.1) is 0 Å². The van der Waals surface area contributed by atoms with Crippen molar-refractivity contribution in [3.8, 4) is 0 Å². The van der Waals surface area contributed by atoms with Gasteiger partial charge in [0, 0.05) is 10.1 Å². The Morgan fingerprint density at radius 2 is 1.67 bits per heavy atom. The molecule has 24 heavy (non-hydrogen) atoms. The van der Waals surface area contributed by atoms with E-state index in [1.807, 2.05) is 0 Å². The number of hydrogen-bond acceptors (Lipinski definition) is 6. The summed E-state index contributed by atoms with van der Waals surface area (Å²) in [5.74, 6) is -10.6. The van der Waals surface area contributed by atoms with Gasteiger partial charge in [0.05, 0.1) is 6.26 Å². The number of nitrogens with one attached hydrogen (secondary N) is 1. The molecule has 0 bridgehead atoms. The third kappa shape index (κ3) is 2.71. The first-order chi connectivity index (χ1) is 11.1. The second-order valence-electron chi connectivity index (χ2n) is 4.72. The molecule has 2 aliphatic heterocycles. The van der Waals surface area contributed by atoms with Gasteiger partial charge in [-0.05, 0) is 11.8 Å². The summed E-state index contributed by atoms with van der Waals surface area (Å²) in [5, 5.41) is 1.96. The second kappa shape index (κ2) is 5.77. The Morgan fingerprint density at radius 1 is 1.12 bits per heavy atom. The summed E-state index contributed by atoms with van der Waals surface area (Å²) in [5.41, 5.74) is -1.69. The number of aliphatic imine (C=N–C) groups is 1. The van der Waals surface area contributed by atoms with E-state index in [0.29, 0.717) is 0 Å². The number of hydrazine groups is 2. The number of benzene rings is 1. The highest BCUT2D eigenvalue weighted by Gasteiger charge is 2.51. The van der Waals surface area contributed by atoms with E-state index >= 15 is 0 Å². The van der Waals surface area contributed by atoms with Gasteiger partial charge in [0.1, 0.15) is 17.6 Å². The third-order valence-corrected chi connectivity index (χ3v) is 4.45. The number of sulfonamides is 1. The standard InChI is InChI=1S/C11H7F5N4O2S2/c1-24(21,22)18-19-3-23-11-17-2-4(20(11)19)5-6(12)8(14)10(16)9(15)7(5)13/h2,18H,3H2,1H3/q+1. The number of amidine groups is 1. The molecule has 1 fully saturated rings. The average molecular weight is 386 g/mol. The Kier molecular flexibility index (Phi) is 4.16. The van der Waals surface area contributed by atoms with Gasteiger partial charge >= 0.3 is 5.17 Å². The zero-order valence-electron chi connectivity index (χ0n) is 11.6. The maximum atomic E-state index is 14.0. The van der Waals surface area contributed by atoms with Crippen LogP contribution in [-0.2, 0) is 10.0 Å². The summed E-state index contributed by atoms with van der Waals surface area (Å²) in [6.45, 7) is 0. The summed E-state index contributed by atoms with van der Waals surface area (Å²) < 4.78 is 90.6. The van der Waals surface area contributed by atoms with Crippen LogP contribution in [0.25, 0.3) is 5.70 Å². The number of rotatable bonds is 3. The molecule has 1 aromatic rings. The van der Waals surface area contributed by atoms with Crippen LogP contribution >= 0.6 is 11.8 Å². The van der Waals surface area contributed by atoms with E-state index in [1.165, 1.54) is 0 Å². The highest BCUT2D eigenvalue weighted by molar-refractivity contribution is 8.14. The molecule has 0 saturated carbocycles. The van der Waals surface area contributed by atoms with Crippen LogP contribution in [0.3, 0.4) is 0 Å². The molecule has 0 atom stereocenters. The highest BCUT2D eigenvalue weighted by Crippen LogP contribution is 2.36. The molecular formula is C11H7F5N4O2S2+. The van der Waals surface area contributed by atoms with Gasteiger partial charge in [0.25, 0.3) is 0 Å². The monoisotopic (exact) mass is 386 g/mol. The van der Waals surface area contributed by atoms with Crippen molar-refractivity contribution in [1.29, 1.82) is 0 Å². The predicted molar refractivity (Wildman–Crippen MR) is 76.1 cm³/mol. The predicted octanol–water partition coefficient (Wildman–Crippen LogP) is 1.58. The third-order valence-electron chi connectivity index (χ3n) is 3.00. The summed E-state index contributed by atoms with van der Waals surface area (Å²) in [6.07, 6.45) is 1.72. The number of thioether (sulfide) groups is 1.